The van der Waals surface area contributed by atoms with Crippen molar-refractivity contribution in [1.82, 2.24) is 4.40 Å². The highest BCUT2D eigenvalue weighted by Crippen LogP contribution is 2.45. The topological polar surface area (TPSA) is 66.9 Å². The Morgan fingerprint density at radius 3 is 2.14 bits per heavy atom. The van der Waals surface area contributed by atoms with Crippen LogP contribution in [0.4, 0.5) is 5.69 Å². The number of hydrogen-bond donors (Lipinski definition) is 1. The summed E-state index contributed by atoms with van der Waals surface area (Å²) in [5.41, 5.74) is 9.83. The highest BCUT2D eigenvalue weighted by atomic mass is 16.3. The van der Waals surface area contributed by atoms with Crippen LogP contribution in [0.3, 0.4) is 0 Å². The molecule has 0 unspecified atom stereocenters. The first kappa shape index (κ1) is 22.7. The first-order chi connectivity index (χ1) is 21.2. The molecule has 0 amide bonds. The maximum atomic E-state index is 8.47. The van der Waals surface area contributed by atoms with Gasteiger partial charge in [0.2, 0.25) is 0 Å². The summed E-state index contributed by atoms with van der Waals surface area (Å²) < 4.78 is 14.7. The molecular formula is C38H21N3O2. The van der Waals surface area contributed by atoms with Gasteiger partial charge in [-0.2, -0.15) is 0 Å². The zero-order valence-corrected chi connectivity index (χ0v) is 22.8. The number of furan rings is 2. The van der Waals surface area contributed by atoms with Crippen molar-refractivity contribution in [3.05, 3.63) is 121 Å². The van der Waals surface area contributed by atoms with Gasteiger partial charge in [-0.05, 0) is 71.8 Å². The number of aliphatic imine (C=N–C) groups is 1. The second-order valence-electron chi connectivity index (χ2n) is 11.2. The number of rotatable bonds is 2. The van der Waals surface area contributed by atoms with Crippen molar-refractivity contribution in [2.45, 2.75) is 0 Å². The lowest BCUT2D eigenvalue weighted by atomic mass is 9.98. The Hall–Kier alpha value is -5.94. The third kappa shape index (κ3) is 3.05. The Morgan fingerprint density at radius 2 is 1.26 bits per heavy atom. The molecule has 5 nitrogen and oxygen atoms in total. The number of para-hydroxylation sites is 2. The Labute approximate surface area is 244 Å². The molecule has 5 heteroatoms. The lowest BCUT2D eigenvalue weighted by Gasteiger charge is -2.06. The molecule has 5 aromatic carbocycles. The summed E-state index contributed by atoms with van der Waals surface area (Å²) in [5, 5.41) is 16.2. The highest BCUT2D eigenvalue weighted by Gasteiger charge is 2.22. The zero-order valence-electron chi connectivity index (χ0n) is 22.8. The summed E-state index contributed by atoms with van der Waals surface area (Å²) in [4.78, 5) is 5.04. The first-order valence-corrected chi connectivity index (χ1v) is 14.3. The summed E-state index contributed by atoms with van der Waals surface area (Å²) in [6.07, 6.45) is 9.60. The van der Waals surface area contributed by atoms with E-state index < -0.39 is 0 Å². The SMILES string of the molecule is N=C1C=CC=CC1=Nc1cn2c3c1cc(-c1ccc4oc5ccccc5c4c1)cc3c1ccc3oc4ccccc4c3c12. The molecule has 0 fully saturated rings. The average molecular weight is 552 g/mol. The van der Waals surface area contributed by atoms with E-state index in [-0.39, 0.29) is 0 Å². The van der Waals surface area contributed by atoms with Gasteiger partial charge in [-0.15, -0.1) is 0 Å². The van der Waals surface area contributed by atoms with Crippen LogP contribution in [0.1, 0.15) is 0 Å². The van der Waals surface area contributed by atoms with Crippen LogP contribution in [-0.2, 0) is 0 Å². The van der Waals surface area contributed by atoms with E-state index in [9.17, 15) is 0 Å². The number of nitrogens with zero attached hydrogens (tertiary/aromatic N) is 2. The van der Waals surface area contributed by atoms with E-state index in [1.54, 1.807) is 6.08 Å². The maximum absolute atomic E-state index is 8.47. The fourth-order valence-electron chi connectivity index (χ4n) is 6.86. The quantitative estimate of drug-likeness (QED) is 0.217. The third-order valence-electron chi connectivity index (χ3n) is 8.78. The molecule has 1 N–H and O–H groups in total. The van der Waals surface area contributed by atoms with Gasteiger partial charge < -0.3 is 13.2 Å². The molecule has 200 valence electrons. The molecule has 0 atom stereocenters. The van der Waals surface area contributed by atoms with Crippen molar-refractivity contribution < 1.29 is 8.83 Å². The number of nitrogens with one attached hydrogen (secondary N) is 1. The van der Waals surface area contributed by atoms with E-state index in [1.165, 1.54) is 5.39 Å². The molecular weight excluding hydrogens is 530 g/mol. The van der Waals surface area contributed by atoms with Gasteiger partial charge in [0.05, 0.1) is 33.5 Å². The van der Waals surface area contributed by atoms with Crippen LogP contribution >= 0.6 is 0 Å². The lowest BCUT2D eigenvalue weighted by Crippen LogP contribution is -2.08. The van der Waals surface area contributed by atoms with E-state index in [2.05, 4.69) is 77.3 Å². The molecule has 0 saturated carbocycles. The number of aromatic nitrogens is 1. The minimum atomic E-state index is 0.401. The molecule has 43 heavy (non-hydrogen) atoms. The largest absolute Gasteiger partial charge is 0.456 e. The smallest absolute Gasteiger partial charge is 0.137 e. The van der Waals surface area contributed by atoms with Gasteiger partial charge in [0, 0.05) is 38.5 Å². The summed E-state index contributed by atoms with van der Waals surface area (Å²) in [6.45, 7) is 0. The molecule has 4 heterocycles. The number of allylic oxidation sites excluding steroid dienone is 4. The van der Waals surface area contributed by atoms with Gasteiger partial charge in [-0.25, -0.2) is 4.99 Å². The number of benzene rings is 5. The number of hydrogen-bond acceptors (Lipinski definition) is 4. The van der Waals surface area contributed by atoms with Crippen LogP contribution in [0.2, 0.25) is 0 Å². The summed E-state index contributed by atoms with van der Waals surface area (Å²) in [7, 11) is 0. The molecule has 0 saturated heterocycles. The molecule has 0 aliphatic heterocycles. The van der Waals surface area contributed by atoms with Gasteiger partial charge >= 0.3 is 0 Å². The number of fused-ring (bicyclic) bond motifs is 10. The van der Waals surface area contributed by atoms with Crippen LogP contribution in [-0.4, -0.2) is 15.8 Å². The fourth-order valence-corrected chi connectivity index (χ4v) is 6.86. The van der Waals surface area contributed by atoms with Crippen molar-refractivity contribution in [3.8, 4) is 11.1 Å². The second kappa shape index (κ2) is 8.08. The summed E-state index contributed by atoms with van der Waals surface area (Å²) >= 11 is 0. The standard InChI is InChI=1S/C38H21N3O2/c39-29-9-3-4-10-30(29)40-31-20-41-37-27(24-14-16-35-36(38(24)41)25-8-2-6-12-33(25)43-35)18-22(19-28(31)37)21-13-15-34-26(17-21)23-7-1-5-11-32(23)42-34/h1-20,39H. The average Bonchev–Trinajstić information content (AvgIpc) is 3.78. The Bertz CT molecular complexity index is 2750. The van der Waals surface area contributed by atoms with E-state index in [0.29, 0.717) is 11.4 Å². The van der Waals surface area contributed by atoms with E-state index in [0.717, 1.165) is 82.5 Å². The van der Waals surface area contributed by atoms with Gasteiger partial charge in [0.15, 0.2) is 0 Å². The Morgan fingerprint density at radius 1 is 0.558 bits per heavy atom. The van der Waals surface area contributed by atoms with Crippen molar-refractivity contribution in [1.29, 1.82) is 5.41 Å². The van der Waals surface area contributed by atoms with E-state index >= 15 is 0 Å². The second-order valence-corrected chi connectivity index (χ2v) is 11.2. The monoisotopic (exact) mass is 551 g/mol. The van der Waals surface area contributed by atoms with Gasteiger partial charge in [-0.3, -0.25) is 5.41 Å². The van der Waals surface area contributed by atoms with Gasteiger partial charge in [0.1, 0.15) is 22.3 Å². The predicted molar refractivity (Wildman–Crippen MR) is 177 cm³/mol. The molecule has 0 spiro atoms. The Kier molecular flexibility index (Phi) is 4.27. The molecule has 0 bridgehead atoms. The summed E-state index contributed by atoms with van der Waals surface area (Å²) in [6, 6.07) is 31.6. The molecule has 0 radical (unpaired) electrons. The molecule has 9 aromatic rings. The molecule has 1 aliphatic rings. The van der Waals surface area contributed by atoms with Crippen LogP contribution in [0.25, 0.3) is 82.2 Å². The lowest BCUT2D eigenvalue weighted by molar-refractivity contribution is 0.668. The van der Waals surface area contributed by atoms with Crippen LogP contribution in [0.5, 0.6) is 0 Å². The highest BCUT2D eigenvalue weighted by molar-refractivity contribution is 6.50. The van der Waals surface area contributed by atoms with Crippen LogP contribution in [0, 0.1) is 5.41 Å². The van der Waals surface area contributed by atoms with Crippen molar-refractivity contribution >= 4 is 88.2 Å². The molecule has 10 rings (SSSR count). The van der Waals surface area contributed by atoms with Crippen molar-refractivity contribution in [2.24, 2.45) is 4.99 Å². The van der Waals surface area contributed by atoms with Crippen LogP contribution < -0.4 is 0 Å². The minimum absolute atomic E-state index is 0.401. The van der Waals surface area contributed by atoms with Crippen LogP contribution in [0.15, 0.2) is 135 Å². The summed E-state index contributed by atoms with van der Waals surface area (Å²) in [5.74, 6) is 0. The van der Waals surface area contributed by atoms with Crippen molar-refractivity contribution in [3.63, 3.8) is 0 Å². The molecule has 4 aromatic heterocycles. The van der Waals surface area contributed by atoms with Gasteiger partial charge in [0.25, 0.3) is 0 Å². The zero-order chi connectivity index (χ0) is 28.2. The van der Waals surface area contributed by atoms with E-state index in [1.807, 2.05) is 42.5 Å². The Balaban J connectivity index is 1.33. The normalized spacial score (nSPS) is 14.9. The van der Waals surface area contributed by atoms with E-state index in [4.69, 9.17) is 19.2 Å². The van der Waals surface area contributed by atoms with Gasteiger partial charge in [-0.1, -0.05) is 54.6 Å². The first-order valence-electron chi connectivity index (χ1n) is 14.3. The molecule has 1 aliphatic carbocycles. The minimum Gasteiger partial charge on any atom is -0.456 e. The maximum Gasteiger partial charge on any atom is 0.137 e. The third-order valence-corrected chi connectivity index (χ3v) is 8.78. The fraction of sp³-hybridized carbons (Fsp3) is 0. The van der Waals surface area contributed by atoms with Crippen molar-refractivity contribution in [2.75, 3.05) is 0 Å². The predicted octanol–water partition coefficient (Wildman–Crippen LogP) is 10.4.